The van der Waals surface area contributed by atoms with Gasteiger partial charge in [0.2, 0.25) is 5.60 Å². The van der Waals surface area contributed by atoms with Gasteiger partial charge in [-0.15, -0.1) is 0 Å². The van der Waals surface area contributed by atoms with Crippen molar-refractivity contribution in [1.82, 2.24) is 4.57 Å². The summed E-state index contributed by atoms with van der Waals surface area (Å²) >= 11 is 0. The summed E-state index contributed by atoms with van der Waals surface area (Å²) < 4.78 is 10.0. The van der Waals surface area contributed by atoms with Crippen LogP contribution in [0.5, 0.6) is 0 Å². The van der Waals surface area contributed by atoms with Crippen LogP contribution in [0.15, 0.2) is 73.1 Å². The van der Waals surface area contributed by atoms with Gasteiger partial charge in [-0.05, 0) is 6.42 Å². The molecule has 1 N–H and O–H groups in total. The van der Waals surface area contributed by atoms with Crippen LogP contribution in [0.25, 0.3) is 0 Å². The number of aliphatic hydroxyl groups is 1. The minimum Gasteiger partial charge on any atom is -1.00 e. The summed E-state index contributed by atoms with van der Waals surface area (Å²) in [5, 5.41) is 12.1. The van der Waals surface area contributed by atoms with Gasteiger partial charge in [-0.3, -0.25) is 0 Å². The van der Waals surface area contributed by atoms with E-state index in [9.17, 15) is 5.11 Å². The molecule has 1 aromatic heterocycles. The summed E-state index contributed by atoms with van der Waals surface area (Å²) in [6, 6.07) is 19.7. The molecule has 174 valence electrons. The minimum absolute atomic E-state index is 0. The molecule has 32 heavy (non-hydrogen) atoms. The van der Waals surface area contributed by atoms with Crippen LogP contribution in [0.3, 0.4) is 0 Å². The molecular formula is C27H37ClN2O2. The second-order valence-corrected chi connectivity index (χ2v) is 8.30. The molecule has 0 aliphatic heterocycles. The van der Waals surface area contributed by atoms with Gasteiger partial charge in [0, 0.05) is 11.1 Å². The van der Waals surface area contributed by atoms with Crippen molar-refractivity contribution in [2.75, 3.05) is 6.61 Å². The molecule has 3 rings (SSSR count). The standard InChI is InChI=1S/C27H37N2O2.ClH/c1-3-4-5-6-7-8-15-22-31-23-29-21-20-28(2)26(29)27(30,24-16-11-9-12-17-24)25-18-13-10-14-19-25;/h9-14,16-21,30H,3-8,15,22-23H2,1-2H3;1H/q+1;/p-1. The second kappa shape index (κ2) is 13.4. The maximum Gasteiger partial charge on any atom is 0.300 e. The Hall–Kier alpha value is -2.14. The molecule has 5 heteroatoms. The van der Waals surface area contributed by atoms with Crippen LogP contribution in [-0.2, 0) is 24.1 Å². The van der Waals surface area contributed by atoms with Gasteiger partial charge in [0.15, 0.2) is 6.73 Å². The molecule has 0 aliphatic carbocycles. The van der Waals surface area contributed by atoms with Gasteiger partial charge in [0.1, 0.15) is 12.4 Å². The lowest BCUT2D eigenvalue weighted by Crippen LogP contribution is -3.00. The van der Waals surface area contributed by atoms with Crippen LogP contribution in [0.1, 0.15) is 68.8 Å². The van der Waals surface area contributed by atoms with Crippen molar-refractivity contribution in [3.63, 3.8) is 0 Å². The molecule has 0 aliphatic rings. The highest BCUT2D eigenvalue weighted by molar-refractivity contribution is 5.41. The van der Waals surface area contributed by atoms with Gasteiger partial charge in [0.25, 0.3) is 5.82 Å². The smallest absolute Gasteiger partial charge is 0.300 e. The Bertz CT molecular complexity index is 857. The van der Waals surface area contributed by atoms with E-state index in [0.717, 1.165) is 30.0 Å². The zero-order valence-electron chi connectivity index (χ0n) is 19.4. The largest absolute Gasteiger partial charge is 1.00 e. The Morgan fingerprint density at radius 2 is 1.38 bits per heavy atom. The fourth-order valence-corrected chi connectivity index (χ4v) is 4.20. The molecule has 0 radical (unpaired) electrons. The topological polar surface area (TPSA) is 38.3 Å². The van der Waals surface area contributed by atoms with Crippen molar-refractivity contribution in [2.24, 2.45) is 7.05 Å². The number of halogens is 1. The Morgan fingerprint density at radius 3 is 1.94 bits per heavy atom. The molecule has 0 atom stereocenters. The SMILES string of the molecule is CCCCCCCCCOCn1cc[n+](C)c1C(O)(c1ccccc1)c1ccccc1.[Cl-]. The number of ether oxygens (including phenoxy) is 1. The number of unbranched alkanes of at least 4 members (excludes halogenated alkanes) is 6. The Kier molecular flexibility index (Phi) is 10.9. The number of hydrogen-bond donors (Lipinski definition) is 1. The van der Waals surface area contributed by atoms with E-state index in [2.05, 4.69) is 6.92 Å². The predicted octanol–water partition coefficient (Wildman–Crippen LogP) is 2.33. The van der Waals surface area contributed by atoms with Crippen LogP contribution in [-0.4, -0.2) is 16.3 Å². The van der Waals surface area contributed by atoms with Crippen molar-refractivity contribution in [3.8, 4) is 0 Å². The third kappa shape index (κ3) is 6.44. The molecule has 0 saturated carbocycles. The van der Waals surface area contributed by atoms with Gasteiger partial charge in [-0.1, -0.05) is 106 Å². The third-order valence-corrected chi connectivity index (χ3v) is 5.91. The maximum absolute atomic E-state index is 12.1. The monoisotopic (exact) mass is 456 g/mol. The fourth-order valence-electron chi connectivity index (χ4n) is 4.20. The number of imidazole rings is 1. The summed E-state index contributed by atoms with van der Waals surface area (Å²) in [6.45, 7) is 3.41. The fraction of sp³-hybridized carbons (Fsp3) is 0.444. The lowest BCUT2D eigenvalue weighted by atomic mass is 9.85. The third-order valence-electron chi connectivity index (χ3n) is 5.91. The number of aromatic nitrogens is 2. The predicted molar refractivity (Wildman–Crippen MR) is 125 cm³/mol. The summed E-state index contributed by atoms with van der Waals surface area (Å²) in [7, 11) is 1.97. The molecule has 0 saturated heterocycles. The van der Waals surface area contributed by atoms with Crippen molar-refractivity contribution in [2.45, 2.75) is 64.2 Å². The van der Waals surface area contributed by atoms with Gasteiger partial charge in [-0.2, -0.15) is 0 Å². The van der Waals surface area contributed by atoms with E-state index in [1.54, 1.807) is 0 Å². The van der Waals surface area contributed by atoms with Crippen LogP contribution in [0, 0.1) is 0 Å². The molecular weight excluding hydrogens is 420 g/mol. The number of aryl methyl sites for hydroxylation is 1. The summed E-state index contributed by atoms with van der Waals surface area (Å²) in [5.74, 6) is 0.782. The molecule has 0 bridgehead atoms. The van der Waals surface area contributed by atoms with Crippen molar-refractivity contribution in [3.05, 3.63) is 90.0 Å². The molecule has 0 unspecified atom stereocenters. The number of benzene rings is 2. The molecule has 0 amide bonds. The lowest BCUT2D eigenvalue weighted by molar-refractivity contribution is -0.684. The lowest BCUT2D eigenvalue weighted by Gasteiger charge is -2.26. The van der Waals surface area contributed by atoms with Gasteiger partial charge >= 0.3 is 0 Å². The van der Waals surface area contributed by atoms with E-state index >= 15 is 0 Å². The van der Waals surface area contributed by atoms with E-state index in [1.165, 1.54) is 38.5 Å². The van der Waals surface area contributed by atoms with Crippen LogP contribution in [0.2, 0.25) is 0 Å². The second-order valence-electron chi connectivity index (χ2n) is 8.30. The van der Waals surface area contributed by atoms with E-state index in [-0.39, 0.29) is 12.4 Å². The zero-order valence-corrected chi connectivity index (χ0v) is 20.2. The van der Waals surface area contributed by atoms with Crippen molar-refractivity contribution in [1.29, 1.82) is 0 Å². The first kappa shape index (κ1) is 26.1. The molecule has 3 aromatic rings. The van der Waals surface area contributed by atoms with E-state index in [0.29, 0.717) is 6.73 Å². The van der Waals surface area contributed by atoms with Gasteiger partial charge in [0.05, 0.1) is 13.7 Å². The number of rotatable bonds is 13. The average molecular weight is 457 g/mol. The Balaban J connectivity index is 0.00000363. The van der Waals surface area contributed by atoms with Crippen LogP contribution >= 0.6 is 0 Å². The van der Waals surface area contributed by atoms with Crippen molar-refractivity contribution < 1.29 is 26.8 Å². The normalized spacial score (nSPS) is 11.3. The van der Waals surface area contributed by atoms with Crippen LogP contribution < -0.4 is 17.0 Å². The Morgan fingerprint density at radius 1 is 0.844 bits per heavy atom. The number of hydrogen-bond acceptors (Lipinski definition) is 2. The number of nitrogens with zero attached hydrogens (tertiary/aromatic N) is 2. The zero-order chi connectivity index (χ0) is 21.9. The quantitative estimate of drug-likeness (QED) is 0.316. The van der Waals surface area contributed by atoms with Crippen LogP contribution in [0.4, 0.5) is 0 Å². The highest BCUT2D eigenvalue weighted by Gasteiger charge is 2.44. The molecule has 2 aromatic carbocycles. The van der Waals surface area contributed by atoms with Gasteiger partial charge in [-0.25, -0.2) is 9.13 Å². The van der Waals surface area contributed by atoms with E-state index < -0.39 is 5.60 Å². The first-order valence-corrected chi connectivity index (χ1v) is 11.6. The summed E-state index contributed by atoms with van der Waals surface area (Å²) in [4.78, 5) is 0. The van der Waals surface area contributed by atoms with E-state index in [1.807, 2.05) is 89.2 Å². The summed E-state index contributed by atoms with van der Waals surface area (Å²) in [5.41, 5.74) is 0.399. The maximum atomic E-state index is 12.1. The first-order chi connectivity index (χ1) is 15.2. The molecule has 4 nitrogen and oxygen atoms in total. The highest BCUT2D eigenvalue weighted by atomic mass is 35.5. The average Bonchev–Trinajstić information content (AvgIpc) is 3.19. The molecule has 0 spiro atoms. The first-order valence-electron chi connectivity index (χ1n) is 11.6. The van der Waals surface area contributed by atoms with Crippen molar-refractivity contribution >= 4 is 0 Å². The van der Waals surface area contributed by atoms with E-state index in [4.69, 9.17) is 4.74 Å². The molecule has 1 heterocycles. The minimum atomic E-state index is -1.27. The summed E-state index contributed by atoms with van der Waals surface area (Å²) in [6.07, 6.45) is 12.8. The molecule has 0 fully saturated rings. The Labute approximate surface area is 199 Å². The van der Waals surface area contributed by atoms with Gasteiger partial charge < -0.3 is 22.3 Å². The highest BCUT2D eigenvalue weighted by Crippen LogP contribution is 2.34.